The Hall–Kier alpha value is -1.13. The van der Waals surface area contributed by atoms with Crippen LogP contribution in [-0.4, -0.2) is 30.4 Å². The molecular formula is C15H22FNO2. The Bertz CT molecular complexity index is 436. The van der Waals surface area contributed by atoms with E-state index >= 15 is 0 Å². The molecule has 19 heavy (non-hydrogen) atoms. The van der Waals surface area contributed by atoms with Crippen LogP contribution in [-0.2, 0) is 4.74 Å². The summed E-state index contributed by atoms with van der Waals surface area (Å²) in [4.78, 5) is 2.08. The molecule has 1 aliphatic heterocycles. The highest BCUT2D eigenvalue weighted by molar-refractivity contribution is 5.51. The Balaban J connectivity index is 2.28. The largest absolute Gasteiger partial charge is 0.389 e. The molecule has 0 aromatic heterocycles. The highest BCUT2D eigenvalue weighted by Gasteiger charge is 2.27. The third-order valence-electron chi connectivity index (χ3n) is 3.70. The van der Waals surface area contributed by atoms with Gasteiger partial charge >= 0.3 is 0 Å². The fraction of sp³-hybridized carbons (Fsp3) is 0.600. The highest BCUT2D eigenvalue weighted by atomic mass is 19.1. The molecule has 0 radical (unpaired) electrons. The van der Waals surface area contributed by atoms with Crippen molar-refractivity contribution >= 4 is 5.69 Å². The monoisotopic (exact) mass is 267 g/mol. The van der Waals surface area contributed by atoms with E-state index in [1.54, 1.807) is 19.1 Å². The van der Waals surface area contributed by atoms with E-state index in [-0.39, 0.29) is 18.0 Å². The fourth-order valence-corrected chi connectivity index (χ4v) is 2.49. The molecule has 4 heteroatoms. The van der Waals surface area contributed by atoms with Gasteiger partial charge in [-0.2, -0.15) is 0 Å². The van der Waals surface area contributed by atoms with E-state index in [2.05, 4.69) is 11.8 Å². The van der Waals surface area contributed by atoms with E-state index < -0.39 is 6.10 Å². The van der Waals surface area contributed by atoms with Crippen LogP contribution in [0, 0.1) is 5.82 Å². The number of nitrogens with zero attached hydrogens (tertiary/aromatic N) is 1. The number of anilines is 1. The summed E-state index contributed by atoms with van der Waals surface area (Å²) < 4.78 is 19.9. The lowest BCUT2D eigenvalue weighted by Crippen LogP contribution is -2.49. The number of hydrogen-bond donors (Lipinski definition) is 1. The van der Waals surface area contributed by atoms with Gasteiger partial charge in [-0.05, 0) is 38.0 Å². The first-order valence-electron chi connectivity index (χ1n) is 6.88. The van der Waals surface area contributed by atoms with Gasteiger partial charge < -0.3 is 14.7 Å². The van der Waals surface area contributed by atoms with E-state index in [9.17, 15) is 9.50 Å². The fourth-order valence-electron chi connectivity index (χ4n) is 2.49. The molecule has 0 aliphatic carbocycles. The van der Waals surface area contributed by atoms with Crippen LogP contribution in [0.1, 0.15) is 38.9 Å². The van der Waals surface area contributed by atoms with Crippen LogP contribution in [0.5, 0.6) is 0 Å². The molecule has 0 saturated carbocycles. The molecule has 3 nitrogen and oxygen atoms in total. The first-order chi connectivity index (χ1) is 9.02. The maximum absolute atomic E-state index is 14.2. The first-order valence-corrected chi connectivity index (χ1v) is 6.88. The predicted molar refractivity (Wildman–Crippen MR) is 73.9 cm³/mol. The average Bonchev–Trinajstić information content (AvgIpc) is 2.38. The second kappa shape index (κ2) is 5.88. The Morgan fingerprint density at radius 2 is 2.26 bits per heavy atom. The third kappa shape index (κ3) is 3.07. The molecule has 2 rings (SSSR count). The number of benzene rings is 1. The van der Waals surface area contributed by atoms with Crippen LogP contribution in [0.2, 0.25) is 0 Å². The van der Waals surface area contributed by atoms with Crippen LogP contribution in [0.25, 0.3) is 0 Å². The molecule has 1 N–H and O–H groups in total. The Morgan fingerprint density at radius 1 is 1.53 bits per heavy atom. The van der Waals surface area contributed by atoms with Gasteiger partial charge in [0.1, 0.15) is 5.82 Å². The molecule has 1 fully saturated rings. The summed E-state index contributed by atoms with van der Waals surface area (Å²) in [5.41, 5.74) is 1.21. The summed E-state index contributed by atoms with van der Waals surface area (Å²) in [5.74, 6) is -0.272. The van der Waals surface area contributed by atoms with Crippen molar-refractivity contribution < 1.29 is 14.2 Å². The van der Waals surface area contributed by atoms with Crippen molar-refractivity contribution in [1.29, 1.82) is 0 Å². The van der Waals surface area contributed by atoms with Crippen molar-refractivity contribution in [3.8, 4) is 0 Å². The van der Waals surface area contributed by atoms with Gasteiger partial charge in [-0.1, -0.05) is 13.0 Å². The number of rotatable bonds is 3. The zero-order chi connectivity index (χ0) is 14.0. The maximum Gasteiger partial charge on any atom is 0.146 e. The number of halogens is 1. The smallest absolute Gasteiger partial charge is 0.146 e. The van der Waals surface area contributed by atoms with Crippen molar-refractivity contribution in [2.45, 2.75) is 45.4 Å². The predicted octanol–water partition coefficient (Wildman–Crippen LogP) is 2.88. The third-order valence-corrected chi connectivity index (χ3v) is 3.70. The quantitative estimate of drug-likeness (QED) is 0.914. The van der Waals surface area contributed by atoms with Crippen molar-refractivity contribution in [3.05, 3.63) is 29.6 Å². The van der Waals surface area contributed by atoms with Crippen molar-refractivity contribution in [2.24, 2.45) is 0 Å². The second-order valence-electron chi connectivity index (χ2n) is 5.25. The second-order valence-corrected chi connectivity index (χ2v) is 5.25. The lowest BCUT2D eigenvalue weighted by Gasteiger charge is -2.40. The number of ether oxygens (including phenoxy) is 1. The van der Waals surface area contributed by atoms with E-state index in [1.807, 2.05) is 6.92 Å². The highest BCUT2D eigenvalue weighted by Crippen LogP contribution is 2.28. The number of aliphatic hydroxyl groups is 1. The summed E-state index contributed by atoms with van der Waals surface area (Å²) in [6.07, 6.45) is 0.386. The first kappa shape index (κ1) is 14.3. The zero-order valence-corrected chi connectivity index (χ0v) is 11.8. The topological polar surface area (TPSA) is 32.7 Å². The van der Waals surface area contributed by atoms with Gasteiger partial charge in [0.05, 0.1) is 30.5 Å². The van der Waals surface area contributed by atoms with Crippen LogP contribution in [0.4, 0.5) is 10.1 Å². The van der Waals surface area contributed by atoms with Crippen molar-refractivity contribution in [1.82, 2.24) is 0 Å². The normalized spacial score (nSPS) is 25.4. The molecule has 0 spiro atoms. The number of aliphatic hydroxyl groups excluding tert-OH is 1. The Labute approximate surface area is 114 Å². The van der Waals surface area contributed by atoms with Gasteiger partial charge in [0.25, 0.3) is 0 Å². The Morgan fingerprint density at radius 3 is 2.84 bits per heavy atom. The van der Waals surface area contributed by atoms with Crippen LogP contribution in [0.3, 0.4) is 0 Å². The minimum absolute atomic E-state index is 0.110. The molecule has 3 atom stereocenters. The standard InChI is InChI=1S/C15H22FNO2/c1-4-13-9-19-10(2)8-17(13)15-6-5-12(11(3)18)7-14(15)16/h5-7,10-11,13,18H,4,8-9H2,1-3H3/t10?,11-,13?/m0/s1. The molecule has 2 unspecified atom stereocenters. The van der Waals surface area contributed by atoms with Crippen LogP contribution >= 0.6 is 0 Å². The van der Waals surface area contributed by atoms with Gasteiger partial charge in [0, 0.05) is 6.54 Å². The SMILES string of the molecule is CCC1COC(C)CN1c1ccc([C@H](C)O)cc1F. The van der Waals surface area contributed by atoms with E-state index in [4.69, 9.17) is 4.74 Å². The van der Waals surface area contributed by atoms with Gasteiger partial charge in [0.2, 0.25) is 0 Å². The maximum atomic E-state index is 14.2. The van der Waals surface area contributed by atoms with E-state index in [0.717, 1.165) is 6.42 Å². The minimum atomic E-state index is -0.644. The van der Waals surface area contributed by atoms with Crippen LogP contribution < -0.4 is 4.90 Å². The zero-order valence-electron chi connectivity index (χ0n) is 11.8. The molecular weight excluding hydrogens is 245 g/mol. The molecule has 1 aliphatic rings. The number of hydrogen-bond acceptors (Lipinski definition) is 3. The summed E-state index contributed by atoms with van der Waals surface area (Å²) in [6, 6.07) is 5.18. The van der Waals surface area contributed by atoms with Gasteiger partial charge in [-0.25, -0.2) is 4.39 Å². The molecule has 1 saturated heterocycles. The van der Waals surface area contributed by atoms with Crippen LogP contribution in [0.15, 0.2) is 18.2 Å². The molecule has 1 aromatic carbocycles. The Kier molecular flexibility index (Phi) is 4.42. The molecule has 106 valence electrons. The molecule has 0 amide bonds. The summed E-state index contributed by atoms with van der Waals surface area (Å²) in [7, 11) is 0. The van der Waals surface area contributed by atoms with E-state index in [1.165, 1.54) is 6.07 Å². The van der Waals surface area contributed by atoms with Crippen molar-refractivity contribution in [3.63, 3.8) is 0 Å². The summed E-state index contributed by atoms with van der Waals surface area (Å²) in [5, 5.41) is 9.49. The summed E-state index contributed by atoms with van der Waals surface area (Å²) >= 11 is 0. The lowest BCUT2D eigenvalue weighted by atomic mass is 10.1. The molecule has 1 aromatic rings. The van der Waals surface area contributed by atoms with Crippen molar-refractivity contribution in [2.75, 3.05) is 18.1 Å². The lowest BCUT2D eigenvalue weighted by molar-refractivity contribution is 0.0297. The average molecular weight is 267 g/mol. The minimum Gasteiger partial charge on any atom is -0.389 e. The number of morpholine rings is 1. The van der Waals surface area contributed by atoms with E-state index in [0.29, 0.717) is 24.4 Å². The van der Waals surface area contributed by atoms with Gasteiger partial charge in [-0.3, -0.25) is 0 Å². The van der Waals surface area contributed by atoms with Gasteiger partial charge in [0.15, 0.2) is 0 Å². The van der Waals surface area contributed by atoms with Gasteiger partial charge in [-0.15, -0.1) is 0 Å². The molecule has 1 heterocycles. The summed E-state index contributed by atoms with van der Waals surface area (Å²) in [6.45, 7) is 7.05. The molecule has 0 bridgehead atoms.